The van der Waals surface area contributed by atoms with Gasteiger partial charge in [0.15, 0.2) is 0 Å². The second kappa shape index (κ2) is 6.89. The zero-order valence-corrected chi connectivity index (χ0v) is 10.9. The van der Waals surface area contributed by atoms with Gasteiger partial charge in [-0.05, 0) is 37.6 Å². The van der Waals surface area contributed by atoms with Gasteiger partial charge in [-0.25, -0.2) is 0 Å². The minimum Gasteiger partial charge on any atom is -0.358 e. The third-order valence-corrected chi connectivity index (χ3v) is 3.40. The summed E-state index contributed by atoms with van der Waals surface area (Å²) in [4.78, 5) is 11.7. The number of hydrogen-bond acceptors (Lipinski definition) is 2. The van der Waals surface area contributed by atoms with Gasteiger partial charge in [0.05, 0.1) is 6.04 Å². The molecule has 1 saturated carbocycles. The van der Waals surface area contributed by atoms with E-state index in [1.54, 1.807) is 7.05 Å². The number of rotatable bonds is 6. The SMILES string of the molecule is CNC(=O)C(CC(C)C)NCC1CCCC1. The number of carbonyl (C=O) groups excluding carboxylic acids is 1. The van der Waals surface area contributed by atoms with Gasteiger partial charge in [0.2, 0.25) is 5.91 Å². The summed E-state index contributed by atoms with van der Waals surface area (Å²) in [5.41, 5.74) is 0. The van der Waals surface area contributed by atoms with Crippen LogP contribution in [0.1, 0.15) is 46.0 Å². The van der Waals surface area contributed by atoms with Gasteiger partial charge in [0, 0.05) is 7.05 Å². The molecule has 2 N–H and O–H groups in total. The highest BCUT2D eigenvalue weighted by Crippen LogP contribution is 2.24. The van der Waals surface area contributed by atoms with E-state index in [4.69, 9.17) is 0 Å². The maximum Gasteiger partial charge on any atom is 0.236 e. The molecule has 1 fully saturated rings. The smallest absolute Gasteiger partial charge is 0.236 e. The zero-order valence-electron chi connectivity index (χ0n) is 10.9. The predicted molar refractivity (Wildman–Crippen MR) is 67.3 cm³/mol. The van der Waals surface area contributed by atoms with Crippen molar-refractivity contribution >= 4 is 5.91 Å². The molecule has 1 aliphatic carbocycles. The summed E-state index contributed by atoms with van der Waals surface area (Å²) < 4.78 is 0. The molecule has 0 aromatic rings. The Morgan fingerprint density at radius 3 is 2.44 bits per heavy atom. The first kappa shape index (κ1) is 13.5. The summed E-state index contributed by atoms with van der Waals surface area (Å²) in [6.07, 6.45) is 6.30. The standard InChI is InChI=1S/C13H26N2O/c1-10(2)8-12(13(16)14-3)15-9-11-6-4-5-7-11/h10-12,15H,4-9H2,1-3H3,(H,14,16). The first-order chi connectivity index (χ1) is 7.63. The molecule has 0 aromatic carbocycles. The van der Waals surface area contributed by atoms with E-state index in [2.05, 4.69) is 24.5 Å². The fraction of sp³-hybridized carbons (Fsp3) is 0.923. The highest BCUT2D eigenvalue weighted by Gasteiger charge is 2.21. The maximum atomic E-state index is 11.7. The monoisotopic (exact) mass is 226 g/mol. The van der Waals surface area contributed by atoms with Crippen LogP contribution in [0.15, 0.2) is 0 Å². The van der Waals surface area contributed by atoms with Gasteiger partial charge in [-0.15, -0.1) is 0 Å². The minimum absolute atomic E-state index is 0.00870. The number of nitrogens with one attached hydrogen (secondary N) is 2. The Hall–Kier alpha value is -0.570. The summed E-state index contributed by atoms with van der Waals surface area (Å²) in [6.45, 7) is 5.32. The van der Waals surface area contributed by atoms with Crippen molar-refractivity contribution in [2.24, 2.45) is 11.8 Å². The van der Waals surface area contributed by atoms with Gasteiger partial charge in [0.1, 0.15) is 0 Å². The average Bonchev–Trinajstić information content (AvgIpc) is 2.75. The van der Waals surface area contributed by atoms with E-state index in [9.17, 15) is 4.79 Å². The lowest BCUT2D eigenvalue weighted by molar-refractivity contribution is -0.123. The van der Waals surface area contributed by atoms with Crippen LogP contribution in [-0.2, 0) is 4.79 Å². The van der Waals surface area contributed by atoms with Crippen LogP contribution < -0.4 is 10.6 Å². The normalized spacial score (nSPS) is 19.0. The fourth-order valence-electron chi connectivity index (χ4n) is 2.45. The third kappa shape index (κ3) is 4.52. The van der Waals surface area contributed by atoms with Crippen LogP contribution in [0.2, 0.25) is 0 Å². The van der Waals surface area contributed by atoms with Crippen molar-refractivity contribution in [1.29, 1.82) is 0 Å². The van der Waals surface area contributed by atoms with Gasteiger partial charge in [-0.1, -0.05) is 26.7 Å². The Labute approximate surface area is 99.4 Å². The third-order valence-electron chi connectivity index (χ3n) is 3.40. The molecule has 1 aliphatic rings. The number of hydrogen-bond donors (Lipinski definition) is 2. The lowest BCUT2D eigenvalue weighted by Gasteiger charge is -2.21. The Morgan fingerprint density at radius 2 is 1.94 bits per heavy atom. The fourth-order valence-corrected chi connectivity index (χ4v) is 2.45. The molecule has 1 unspecified atom stereocenters. The lowest BCUT2D eigenvalue weighted by Crippen LogP contribution is -2.45. The minimum atomic E-state index is -0.00870. The summed E-state index contributed by atoms with van der Waals surface area (Å²) >= 11 is 0. The van der Waals surface area contributed by atoms with E-state index >= 15 is 0 Å². The van der Waals surface area contributed by atoms with Crippen LogP contribution in [0.3, 0.4) is 0 Å². The van der Waals surface area contributed by atoms with Crippen LogP contribution in [-0.4, -0.2) is 25.5 Å². The van der Waals surface area contributed by atoms with Crippen molar-refractivity contribution in [3.8, 4) is 0 Å². The molecule has 1 atom stereocenters. The van der Waals surface area contributed by atoms with Crippen molar-refractivity contribution in [2.75, 3.05) is 13.6 Å². The van der Waals surface area contributed by atoms with Gasteiger partial charge in [0.25, 0.3) is 0 Å². The Balaban J connectivity index is 2.33. The van der Waals surface area contributed by atoms with Gasteiger partial charge in [-0.3, -0.25) is 4.79 Å². The first-order valence-electron chi connectivity index (χ1n) is 6.58. The van der Waals surface area contributed by atoms with Crippen molar-refractivity contribution in [1.82, 2.24) is 10.6 Å². The van der Waals surface area contributed by atoms with Crippen molar-refractivity contribution < 1.29 is 4.79 Å². The summed E-state index contributed by atoms with van der Waals surface area (Å²) in [5, 5.41) is 6.18. The first-order valence-corrected chi connectivity index (χ1v) is 6.58. The molecule has 16 heavy (non-hydrogen) atoms. The number of likely N-dealkylation sites (N-methyl/N-ethyl adjacent to an activating group) is 1. The van der Waals surface area contributed by atoms with E-state index in [0.29, 0.717) is 5.92 Å². The molecule has 3 heteroatoms. The molecule has 1 rings (SSSR count). The molecule has 1 amide bonds. The van der Waals surface area contributed by atoms with E-state index in [1.807, 2.05) is 0 Å². The van der Waals surface area contributed by atoms with Gasteiger partial charge < -0.3 is 10.6 Å². The van der Waals surface area contributed by atoms with Crippen molar-refractivity contribution in [3.63, 3.8) is 0 Å². The predicted octanol–water partition coefficient (Wildman–Crippen LogP) is 1.93. The second-order valence-corrected chi connectivity index (χ2v) is 5.36. The quantitative estimate of drug-likeness (QED) is 0.726. The van der Waals surface area contributed by atoms with E-state index in [1.165, 1.54) is 25.7 Å². The van der Waals surface area contributed by atoms with Crippen molar-refractivity contribution in [3.05, 3.63) is 0 Å². The van der Waals surface area contributed by atoms with E-state index in [-0.39, 0.29) is 11.9 Å². The van der Waals surface area contributed by atoms with Crippen LogP contribution in [0, 0.1) is 11.8 Å². The molecular weight excluding hydrogens is 200 g/mol. The highest BCUT2D eigenvalue weighted by atomic mass is 16.2. The molecule has 3 nitrogen and oxygen atoms in total. The molecule has 0 saturated heterocycles. The number of carbonyl (C=O) groups is 1. The van der Waals surface area contributed by atoms with Gasteiger partial charge in [-0.2, -0.15) is 0 Å². The van der Waals surface area contributed by atoms with E-state index in [0.717, 1.165) is 18.9 Å². The Kier molecular flexibility index (Phi) is 5.81. The lowest BCUT2D eigenvalue weighted by atomic mass is 10.0. The van der Waals surface area contributed by atoms with Crippen LogP contribution in [0.5, 0.6) is 0 Å². The van der Waals surface area contributed by atoms with Crippen LogP contribution in [0.4, 0.5) is 0 Å². The topological polar surface area (TPSA) is 41.1 Å². The number of amides is 1. The largest absolute Gasteiger partial charge is 0.358 e. The Morgan fingerprint density at radius 1 is 1.31 bits per heavy atom. The molecule has 0 bridgehead atoms. The van der Waals surface area contributed by atoms with E-state index < -0.39 is 0 Å². The van der Waals surface area contributed by atoms with Crippen LogP contribution in [0.25, 0.3) is 0 Å². The zero-order chi connectivity index (χ0) is 12.0. The molecular formula is C13H26N2O. The molecule has 94 valence electrons. The summed E-state index contributed by atoms with van der Waals surface area (Å²) in [5.74, 6) is 1.48. The molecule has 0 radical (unpaired) electrons. The summed E-state index contributed by atoms with van der Waals surface area (Å²) in [7, 11) is 1.72. The average molecular weight is 226 g/mol. The van der Waals surface area contributed by atoms with Crippen LogP contribution >= 0.6 is 0 Å². The molecule has 0 spiro atoms. The molecule has 0 heterocycles. The highest BCUT2D eigenvalue weighted by molar-refractivity contribution is 5.81. The maximum absolute atomic E-state index is 11.7. The molecule has 0 aromatic heterocycles. The van der Waals surface area contributed by atoms with Gasteiger partial charge >= 0.3 is 0 Å². The van der Waals surface area contributed by atoms with Crippen molar-refractivity contribution in [2.45, 2.75) is 52.0 Å². The molecule has 0 aliphatic heterocycles. The second-order valence-electron chi connectivity index (χ2n) is 5.36. The summed E-state index contributed by atoms with van der Waals surface area (Å²) in [6, 6.07) is -0.00870. The Bertz CT molecular complexity index is 210.